The highest BCUT2D eigenvalue weighted by molar-refractivity contribution is 6.31. The normalized spacial score (nSPS) is 11.7. The largest absolute Gasteiger partial charge is 0.618 e. The van der Waals surface area contributed by atoms with Crippen LogP contribution in [0.15, 0.2) is 102 Å². The van der Waals surface area contributed by atoms with E-state index in [0.29, 0.717) is 45.2 Å². The number of amides is 1. The number of tetrazole rings is 1. The van der Waals surface area contributed by atoms with E-state index in [1.165, 1.54) is 24.3 Å². The maximum absolute atomic E-state index is 13.6. The molecule has 0 saturated carbocycles. The number of aromatic nitrogens is 7. The minimum absolute atomic E-state index is 0.275. The number of benzene rings is 3. The van der Waals surface area contributed by atoms with E-state index in [4.69, 9.17) is 16.0 Å². The molecule has 43 heavy (non-hydrogen) atoms. The van der Waals surface area contributed by atoms with E-state index < -0.39 is 12.0 Å². The highest BCUT2D eigenvalue weighted by atomic mass is 35.5. The van der Waals surface area contributed by atoms with Crippen molar-refractivity contribution >= 4 is 23.4 Å². The second-order valence-electron chi connectivity index (χ2n) is 9.47. The van der Waals surface area contributed by atoms with Crippen LogP contribution < -0.4 is 10.0 Å². The fraction of sp³-hybridized carbons (Fsp3) is 0.100. The molecule has 1 unspecified atom stereocenters. The molecule has 3 heterocycles. The molecular formula is C30H23ClN8O4. The van der Waals surface area contributed by atoms with Gasteiger partial charge in [-0.3, -0.25) is 5.32 Å². The third kappa shape index (κ3) is 6.04. The Morgan fingerprint density at radius 2 is 1.84 bits per heavy atom. The Hall–Kier alpha value is -5.62. The first-order valence-electron chi connectivity index (χ1n) is 13.1. The van der Waals surface area contributed by atoms with Crippen molar-refractivity contribution in [1.82, 2.24) is 30.4 Å². The first kappa shape index (κ1) is 27.5. The Morgan fingerprint density at radius 3 is 2.56 bits per heavy atom. The van der Waals surface area contributed by atoms with E-state index in [2.05, 4.69) is 35.8 Å². The molecule has 0 fully saturated rings. The van der Waals surface area contributed by atoms with E-state index in [1.54, 1.807) is 48.5 Å². The minimum atomic E-state index is -0.574. The van der Waals surface area contributed by atoms with Gasteiger partial charge >= 0.3 is 6.09 Å². The number of hydrogen-bond donors (Lipinski definition) is 1. The predicted octanol–water partition coefficient (Wildman–Crippen LogP) is 5.22. The van der Waals surface area contributed by atoms with Crippen LogP contribution in [0.1, 0.15) is 23.1 Å². The topological polar surface area (TPSA) is 148 Å². The monoisotopic (exact) mass is 594 g/mol. The van der Waals surface area contributed by atoms with Crippen LogP contribution in [0.3, 0.4) is 0 Å². The van der Waals surface area contributed by atoms with Gasteiger partial charge in [-0.2, -0.15) is 9.41 Å². The molecule has 0 radical (unpaired) electrons. The lowest BCUT2D eigenvalue weighted by Gasteiger charge is -2.15. The second kappa shape index (κ2) is 12.1. The zero-order valence-corrected chi connectivity index (χ0v) is 23.4. The Labute approximate surface area is 250 Å². The number of methoxy groups -OCH3 is 1. The van der Waals surface area contributed by atoms with Gasteiger partial charge in [-0.25, -0.2) is 4.79 Å². The summed E-state index contributed by atoms with van der Waals surface area (Å²) < 4.78 is 13.1. The molecule has 0 saturated heterocycles. The highest BCUT2D eigenvalue weighted by Gasteiger charge is 2.29. The lowest BCUT2D eigenvalue weighted by molar-refractivity contribution is -0.614. The van der Waals surface area contributed by atoms with E-state index in [-0.39, 0.29) is 11.8 Å². The summed E-state index contributed by atoms with van der Waals surface area (Å²) in [5, 5.41) is 36.7. The number of ether oxygens (including phenoxy) is 1. The van der Waals surface area contributed by atoms with Crippen molar-refractivity contribution in [3.05, 3.63) is 125 Å². The maximum atomic E-state index is 13.6. The molecule has 3 aromatic heterocycles. The van der Waals surface area contributed by atoms with Crippen molar-refractivity contribution < 1.29 is 18.7 Å². The fourth-order valence-corrected chi connectivity index (χ4v) is 4.83. The molecule has 214 valence electrons. The number of nitrogens with zero attached hydrogens (tertiary/aromatic N) is 7. The first-order valence-corrected chi connectivity index (χ1v) is 13.5. The van der Waals surface area contributed by atoms with Gasteiger partial charge in [-0.1, -0.05) is 41.9 Å². The van der Waals surface area contributed by atoms with Crippen LogP contribution in [-0.2, 0) is 11.2 Å². The minimum Gasteiger partial charge on any atom is -0.618 e. The Bertz CT molecular complexity index is 1860. The molecule has 0 aliphatic heterocycles. The summed E-state index contributed by atoms with van der Waals surface area (Å²) in [7, 11) is 1.29. The lowest BCUT2D eigenvalue weighted by Crippen LogP contribution is -2.34. The number of nitrogens with one attached hydrogen (secondary N) is 1. The lowest BCUT2D eigenvalue weighted by atomic mass is 9.94. The summed E-state index contributed by atoms with van der Waals surface area (Å²) in [6, 6.07) is 25.5. The number of hydrogen-bond acceptors (Lipinski definition) is 9. The van der Waals surface area contributed by atoms with Crippen LogP contribution in [0, 0.1) is 5.21 Å². The standard InChI is InChI=1S/C30H23ClN8O4/c1-42-30(40)33-23-11-7-20(8-12-23)28-34-35-29(43-28)25(15-19-5-3-2-4-6-19)27-13-9-21(17-39(27)41)24-16-22(31)10-14-26(24)38-18-32-36-37-38/h2-14,16-18,25H,15H2,1H3,(H,33,40). The van der Waals surface area contributed by atoms with Crippen molar-refractivity contribution in [2.75, 3.05) is 12.4 Å². The van der Waals surface area contributed by atoms with Gasteiger partial charge in [0.1, 0.15) is 12.2 Å². The number of rotatable bonds is 8. The molecule has 13 heteroatoms. The average molecular weight is 595 g/mol. The van der Waals surface area contributed by atoms with Gasteiger partial charge in [0.05, 0.1) is 12.8 Å². The fourth-order valence-electron chi connectivity index (χ4n) is 4.66. The van der Waals surface area contributed by atoms with Gasteiger partial charge in [0.2, 0.25) is 17.5 Å². The summed E-state index contributed by atoms with van der Waals surface area (Å²) >= 11 is 6.31. The summed E-state index contributed by atoms with van der Waals surface area (Å²) in [5.41, 5.74) is 4.58. The third-order valence-electron chi connectivity index (χ3n) is 6.75. The molecular weight excluding hydrogens is 572 g/mol. The van der Waals surface area contributed by atoms with Gasteiger partial charge in [0.15, 0.2) is 6.20 Å². The van der Waals surface area contributed by atoms with Gasteiger partial charge in [-0.15, -0.1) is 15.3 Å². The predicted molar refractivity (Wildman–Crippen MR) is 156 cm³/mol. The first-order chi connectivity index (χ1) is 21.0. The van der Waals surface area contributed by atoms with E-state index in [1.807, 2.05) is 36.4 Å². The number of carbonyl (C=O) groups is 1. The van der Waals surface area contributed by atoms with E-state index in [0.717, 1.165) is 10.3 Å². The summed E-state index contributed by atoms with van der Waals surface area (Å²) in [6.07, 6.45) is 2.82. The van der Waals surface area contributed by atoms with Gasteiger partial charge in [-0.05, 0) is 70.9 Å². The molecule has 1 N–H and O–H groups in total. The van der Waals surface area contributed by atoms with Crippen molar-refractivity contribution in [1.29, 1.82) is 0 Å². The van der Waals surface area contributed by atoms with Crippen LogP contribution in [-0.4, -0.2) is 43.6 Å². The molecule has 1 amide bonds. The summed E-state index contributed by atoms with van der Waals surface area (Å²) in [4.78, 5) is 11.5. The number of pyridine rings is 1. The maximum Gasteiger partial charge on any atom is 0.411 e. The van der Waals surface area contributed by atoms with Crippen LogP contribution in [0.25, 0.3) is 28.3 Å². The van der Waals surface area contributed by atoms with Crippen LogP contribution in [0.5, 0.6) is 0 Å². The second-order valence-corrected chi connectivity index (χ2v) is 9.90. The Kier molecular flexibility index (Phi) is 7.74. The number of anilines is 1. The van der Waals surface area contributed by atoms with E-state index in [9.17, 15) is 10.0 Å². The average Bonchev–Trinajstić information content (AvgIpc) is 3.74. The number of carbonyl (C=O) groups excluding carboxylic acids is 1. The highest BCUT2D eigenvalue weighted by Crippen LogP contribution is 2.32. The van der Waals surface area contributed by atoms with E-state index >= 15 is 0 Å². The smallest absolute Gasteiger partial charge is 0.411 e. The van der Waals surface area contributed by atoms with Gasteiger partial charge < -0.3 is 14.4 Å². The number of halogens is 1. The molecule has 0 aliphatic carbocycles. The van der Waals surface area contributed by atoms with Crippen molar-refractivity contribution in [3.8, 4) is 28.3 Å². The van der Waals surface area contributed by atoms with Crippen LogP contribution >= 0.6 is 11.6 Å². The molecule has 0 bridgehead atoms. The van der Waals surface area contributed by atoms with Crippen molar-refractivity contribution in [2.45, 2.75) is 12.3 Å². The van der Waals surface area contributed by atoms with Crippen molar-refractivity contribution in [3.63, 3.8) is 0 Å². The molecule has 1 atom stereocenters. The quantitative estimate of drug-likeness (QED) is 0.185. The SMILES string of the molecule is COC(=O)Nc1ccc(-c2nnc(C(Cc3ccccc3)c3ccc(-c4cc(Cl)ccc4-n4cnnn4)c[n+]3[O-])o2)cc1. The third-order valence-corrected chi connectivity index (χ3v) is 6.99. The zero-order chi connectivity index (χ0) is 29.8. The summed E-state index contributed by atoms with van der Waals surface area (Å²) in [6.45, 7) is 0. The molecule has 6 aromatic rings. The van der Waals surface area contributed by atoms with Gasteiger partial charge in [0.25, 0.3) is 0 Å². The van der Waals surface area contributed by atoms with Gasteiger partial charge in [0, 0.05) is 33.5 Å². The zero-order valence-electron chi connectivity index (χ0n) is 22.7. The Balaban J connectivity index is 1.35. The molecule has 12 nitrogen and oxygen atoms in total. The summed E-state index contributed by atoms with van der Waals surface area (Å²) in [5.74, 6) is 0.00988. The van der Waals surface area contributed by atoms with Crippen molar-refractivity contribution in [2.24, 2.45) is 0 Å². The molecule has 6 rings (SSSR count). The molecule has 0 aliphatic rings. The molecule has 0 spiro atoms. The van der Waals surface area contributed by atoms with Crippen LogP contribution in [0.2, 0.25) is 5.02 Å². The Morgan fingerprint density at radius 1 is 1.05 bits per heavy atom. The van der Waals surface area contributed by atoms with Crippen LogP contribution in [0.4, 0.5) is 10.5 Å². The molecule has 3 aromatic carbocycles.